The second-order valence-electron chi connectivity index (χ2n) is 3.97. The van der Waals surface area contributed by atoms with Crippen molar-refractivity contribution in [2.24, 2.45) is 0 Å². The molecule has 1 saturated heterocycles. The zero-order chi connectivity index (χ0) is 9.68. The maximum absolute atomic E-state index is 9.67. The fourth-order valence-electron chi connectivity index (χ4n) is 1.67. The van der Waals surface area contributed by atoms with E-state index in [1.54, 1.807) is 0 Å². The predicted octanol–water partition coefficient (Wildman–Crippen LogP) is -1.19. The largest absolute Gasteiger partial charge is 0.390 e. The summed E-state index contributed by atoms with van der Waals surface area (Å²) in [6.07, 6.45) is -0.215. The van der Waals surface area contributed by atoms with Crippen LogP contribution in [0.15, 0.2) is 0 Å². The third-order valence-electron chi connectivity index (χ3n) is 2.25. The maximum Gasteiger partial charge on any atom is 0.0793 e. The number of aliphatic hydroxyl groups is 1. The van der Waals surface area contributed by atoms with E-state index in [-0.39, 0.29) is 6.10 Å². The van der Waals surface area contributed by atoms with Gasteiger partial charge in [0.25, 0.3) is 0 Å². The van der Waals surface area contributed by atoms with E-state index in [0.29, 0.717) is 0 Å². The standard InChI is InChI=1S/C9H21N3O/c1-11(2)7-9(13)8-12-5-3-10-4-6-12/h9-10,13H,3-8H2,1-2H3/t9-/m1/s1. The first kappa shape index (κ1) is 10.9. The maximum atomic E-state index is 9.67. The van der Waals surface area contributed by atoms with Crippen LogP contribution < -0.4 is 5.32 Å². The van der Waals surface area contributed by atoms with E-state index >= 15 is 0 Å². The number of piperazine rings is 1. The third-order valence-corrected chi connectivity index (χ3v) is 2.25. The molecule has 0 amide bonds. The number of nitrogens with zero attached hydrogens (tertiary/aromatic N) is 2. The van der Waals surface area contributed by atoms with Crippen molar-refractivity contribution >= 4 is 0 Å². The lowest BCUT2D eigenvalue weighted by Gasteiger charge is -2.29. The van der Waals surface area contributed by atoms with Gasteiger partial charge in [-0.1, -0.05) is 0 Å². The van der Waals surface area contributed by atoms with Crippen LogP contribution in [0.4, 0.5) is 0 Å². The summed E-state index contributed by atoms with van der Waals surface area (Å²) in [6.45, 7) is 5.78. The second-order valence-corrected chi connectivity index (χ2v) is 3.97. The van der Waals surface area contributed by atoms with E-state index in [2.05, 4.69) is 10.2 Å². The molecule has 1 aliphatic rings. The monoisotopic (exact) mass is 187 g/mol. The molecule has 4 nitrogen and oxygen atoms in total. The van der Waals surface area contributed by atoms with Crippen LogP contribution in [0, 0.1) is 0 Å². The number of likely N-dealkylation sites (N-methyl/N-ethyl adjacent to an activating group) is 1. The number of aliphatic hydroxyl groups excluding tert-OH is 1. The highest BCUT2D eigenvalue weighted by molar-refractivity contribution is 4.71. The summed E-state index contributed by atoms with van der Waals surface area (Å²) in [5.74, 6) is 0. The van der Waals surface area contributed by atoms with Gasteiger partial charge in [-0.15, -0.1) is 0 Å². The molecule has 4 heteroatoms. The molecule has 0 radical (unpaired) electrons. The van der Waals surface area contributed by atoms with Crippen molar-refractivity contribution in [3.05, 3.63) is 0 Å². The molecule has 0 aliphatic carbocycles. The van der Waals surface area contributed by atoms with Gasteiger partial charge in [-0.25, -0.2) is 0 Å². The van der Waals surface area contributed by atoms with E-state index < -0.39 is 0 Å². The molecule has 1 heterocycles. The topological polar surface area (TPSA) is 38.7 Å². The van der Waals surface area contributed by atoms with Crippen LogP contribution in [0.1, 0.15) is 0 Å². The SMILES string of the molecule is CN(C)C[C@@H](O)CN1CCNCC1. The molecule has 1 atom stereocenters. The molecule has 13 heavy (non-hydrogen) atoms. The molecule has 0 aromatic carbocycles. The Morgan fingerprint density at radius 3 is 2.54 bits per heavy atom. The van der Waals surface area contributed by atoms with Crippen molar-refractivity contribution in [1.82, 2.24) is 15.1 Å². The summed E-state index contributed by atoms with van der Waals surface area (Å²) >= 11 is 0. The number of β-amino-alcohol motifs (C(OH)–C–C–N with tert-alkyl or cyclic N) is 1. The quantitative estimate of drug-likeness (QED) is 0.581. The van der Waals surface area contributed by atoms with Gasteiger partial charge in [0, 0.05) is 39.3 Å². The average molecular weight is 187 g/mol. The number of hydrogen-bond donors (Lipinski definition) is 2. The van der Waals surface area contributed by atoms with Crippen LogP contribution in [0.25, 0.3) is 0 Å². The van der Waals surface area contributed by atoms with Crippen molar-refractivity contribution in [2.45, 2.75) is 6.10 Å². The fraction of sp³-hybridized carbons (Fsp3) is 1.00. The van der Waals surface area contributed by atoms with Crippen LogP contribution in [0.2, 0.25) is 0 Å². The first-order valence-electron chi connectivity index (χ1n) is 4.94. The van der Waals surface area contributed by atoms with Crippen LogP contribution in [0.5, 0.6) is 0 Å². The number of rotatable bonds is 4. The summed E-state index contributed by atoms with van der Waals surface area (Å²) in [6, 6.07) is 0. The van der Waals surface area contributed by atoms with Crippen molar-refractivity contribution in [2.75, 3.05) is 53.4 Å². The summed E-state index contributed by atoms with van der Waals surface area (Å²) in [5.41, 5.74) is 0. The lowest BCUT2D eigenvalue weighted by Crippen LogP contribution is -2.47. The molecule has 0 saturated carbocycles. The van der Waals surface area contributed by atoms with Gasteiger partial charge in [0.2, 0.25) is 0 Å². The Morgan fingerprint density at radius 1 is 1.38 bits per heavy atom. The van der Waals surface area contributed by atoms with Crippen molar-refractivity contribution in [3.63, 3.8) is 0 Å². The van der Waals surface area contributed by atoms with Gasteiger partial charge in [-0.3, -0.25) is 4.90 Å². The van der Waals surface area contributed by atoms with Crippen molar-refractivity contribution in [1.29, 1.82) is 0 Å². The van der Waals surface area contributed by atoms with Crippen molar-refractivity contribution < 1.29 is 5.11 Å². The van der Waals surface area contributed by atoms with E-state index in [1.807, 2.05) is 19.0 Å². The van der Waals surface area contributed by atoms with E-state index in [4.69, 9.17) is 0 Å². The molecule has 0 unspecified atom stereocenters. The van der Waals surface area contributed by atoms with Gasteiger partial charge < -0.3 is 15.3 Å². The van der Waals surface area contributed by atoms with Gasteiger partial charge in [0.05, 0.1) is 6.10 Å². The lowest BCUT2D eigenvalue weighted by molar-refractivity contribution is 0.0833. The van der Waals surface area contributed by atoms with Crippen LogP contribution >= 0.6 is 0 Å². The normalized spacial score (nSPS) is 22.2. The Labute approximate surface area is 80.5 Å². The molecule has 0 aromatic heterocycles. The highest BCUT2D eigenvalue weighted by Gasteiger charge is 2.14. The van der Waals surface area contributed by atoms with E-state index in [9.17, 15) is 5.11 Å². The van der Waals surface area contributed by atoms with Gasteiger partial charge in [-0.05, 0) is 14.1 Å². The first-order valence-corrected chi connectivity index (χ1v) is 4.94. The fourth-order valence-corrected chi connectivity index (χ4v) is 1.67. The van der Waals surface area contributed by atoms with Gasteiger partial charge in [-0.2, -0.15) is 0 Å². The molecular weight excluding hydrogens is 166 g/mol. The summed E-state index contributed by atoms with van der Waals surface area (Å²) in [5, 5.41) is 13.0. The minimum atomic E-state index is -0.215. The number of nitrogens with one attached hydrogen (secondary N) is 1. The molecular formula is C9H21N3O. The Kier molecular flexibility index (Phi) is 4.66. The molecule has 1 rings (SSSR count). The summed E-state index contributed by atoms with van der Waals surface area (Å²) in [7, 11) is 3.97. The summed E-state index contributed by atoms with van der Waals surface area (Å²) in [4.78, 5) is 4.33. The van der Waals surface area contributed by atoms with Crippen LogP contribution in [-0.2, 0) is 0 Å². The predicted molar refractivity (Wildman–Crippen MR) is 53.9 cm³/mol. The van der Waals surface area contributed by atoms with Crippen LogP contribution in [0.3, 0.4) is 0 Å². The van der Waals surface area contributed by atoms with Gasteiger partial charge >= 0.3 is 0 Å². The number of hydrogen-bond acceptors (Lipinski definition) is 4. The van der Waals surface area contributed by atoms with Gasteiger partial charge in [0.15, 0.2) is 0 Å². The molecule has 78 valence electrons. The molecule has 1 aliphatic heterocycles. The first-order chi connectivity index (χ1) is 6.18. The Balaban J connectivity index is 2.14. The van der Waals surface area contributed by atoms with E-state index in [1.165, 1.54) is 0 Å². The Morgan fingerprint density at radius 2 is 2.00 bits per heavy atom. The molecule has 2 N–H and O–H groups in total. The van der Waals surface area contributed by atoms with Crippen molar-refractivity contribution in [3.8, 4) is 0 Å². The highest BCUT2D eigenvalue weighted by Crippen LogP contribution is 1.96. The lowest BCUT2D eigenvalue weighted by atomic mass is 10.2. The third kappa shape index (κ3) is 4.57. The summed E-state index contributed by atoms with van der Waals surface area (Å²) < 4.78 is 0. The molecule has 0 bridgehead atoms. The molecule has 1 fully saturated rings. The molecule has 0 aromatic rings. The Bertz CT molecular complexity index is 135. The second kappa shape index (κ2) is 5.54. The average Bonchev–Trinajstić information content (AvgIpc) is 2.04. The molecule has 0 spiro atoms. The van der Waals surface area contributed by atoms with Crippen LogP contribution in [-0.4, -0.2) is 74.4 Å². The minimum absolute atomic E-state index is 0.215. The van der Waals surface area contributed by atoms with E-state index in [0.717, 1.165) is 39.3 Å². The Hall–Kier alpha value is -0.160. The zero-order valence-corrected chi connectivity index (χ0v) is 8.66. The highest BCUT2D eigenvalue weighted by atomic mass is 16.3. The smallest absolute Gasteiger partial charge is 0.0793 e. The minimum Gasteiger partial charge on any atom is -0.390 e. The zero-order valence-electron chi connectivity index (χ0n) is 8.66. The van der Waals surface area contributed by atoms with Gasteiger partial charge in [0.1, 0.15) is 0 Å².